The van der Waals surface area contributed by atoms with Gasteiger partial charge in [-0.3, -0.25) is 11.2 Å². The van der Waals surface area contributed by atoms with E-state index in [1.54, 1.807) is 40.5 Å². The van der Waals surface area contributed by atoms with E-state index in [4.69, 9.17) is 20.1 Å². The molecule has 0 spiro atoms. The van der Waals surface area contributed by atoms with Crippen LogP contribution in [0.3, 0.4) is 0 Å². The largest absolute Gasteiger partial charge is 0.496 e. The maximum absolute atomic E-state index is 5.48. The molecule has 0 fully saturated rings. The van der Waals surface area contributed by atoms with E-state index in [0.717, 1.165) is 5.56 Å². The van der Waals surface area contributed by atoms with Gasteiger partial charge in [-0.05, 0) is 7.05 Å². The Labute approximate surface area is 101 Å². The lowest BCUT2D eigenvalue weighted by Gasteiger charge is -2.21. The van der Waals surface area contributed by atoms with Crippen LogP contribution in [0, 0.1) is 0 Å². The van der Waals surface area contributed by atoms with Crippen molar-refractivity contribution in [2.24, 2.45) is 5.84 Å². The fraction of sp³-hybridized carbons (Fsp3) is 0.455. The Bertz CT molecular complexity index is 342. The average Bonchev–Trinajstić information content (AvgIpc) is 2.39. The summed E-state index contributed by atoms with van der Waals surface area (Å²) < 4.78 is 15.8. The molecule has 6 heteroatoms. The number of hydrogen-bond acceptors (Lipinski definition) is 6. The van der Waals surface area contributed by atoms with Crippen molar-refractivity contribution < 1.29 is 14.2 Å². The van der Waals surface area contributed by atoms with Crippen LogP contribution in [-0.2, 0) is 0 Å². The van der Waals surface area contributed by atoms with Crippen LogP contribution in [0.5, 0.6) is 17.2 Å². The molecule has 6 nitrogen and oxygen atoms in total. The van der Waals surface area contributed by atoms with E-state index in [2.05, 4.69) is 10.7 Å². The first-order valence-corrected chi connectivity index (χ1v) is 5.15. The van der Waals surface area contributed by atoms with Gasteiger partial charge in [0.2, 0.25) is 0 Å². The summed E-state index contributed by atoms with van der Waals surface area (Å²) in [5.74, 6) is 7.41. The van der Waals surface area contributed by atoms with Crippen molar-refractivity contribution >= 4 is 0 Å². The smallest absolute Gasteiger partial charge is 0.132 e. The minimum absolute atomic E-state index is 0.272. The van der Waals surface area contributed by atoms with Gasteiger partial charge in [-0.2, -0.15) is 0 Å². The number of benzene rings is 1. The van der Waals surface area contributed by atoms with E-state index in [1.165, 1.54) is 0 Å². The second-order valence-corrected chi connectivity index (χ2v) is 3.33. The lowest BCUT2D eigenvalue weighted by atomic mass is 10.1. The van der Waals surface area contributed by atoms with Crippen molar-refractivity contribution in [3.05, 3.63) is 17.7 Å². The molecule has 0 saturated carbocycles. The van der Waals surface area contributed by atoms with Gasteiger partial charge in [-0.1, -0.05) is 0 Å². The van der Waals surface area contributed by atoms with Gasteiger partial charge < -0.3 is 14.2 Å². The van der Waals surface area contributed by atoms with Crippen LogP contribution in [0.4, 0.5) is 0 Å². The molecule has 0 bridgehead atoms. The standard InChI is InChI=1S/C11H19N3O3/c1-13-11(14-12)10-8(16-3)5-7(15-2)6-9(10)17-4/h5-6,11,13-14H,12H2,1-4H3. The Morgan fingerprint density at radius 3 is 1.88 bits per heavy atom. The number of nitrogens with two attached hydrogens (primary N) is 1. The third kappa shape index (κ3) is 2.79. The second-order valence-electron chi connectivity index (χ2n) is 3.33. The van der Waals surface area contributed by atoms with E-state index in [9.17, 15) is 0 Å². The lowest BCUT2D eigenvalue weighted by Crippen LogP contribution is -2.37. The first kappa shape index (κ1) is 13.6. The fourth-order valence-electron chi connectivity index (χ4n) is 1.63. The Hall–Kier alpha value is -1.50. The fourth-order valence-corrected chi connectivity index (χ4v) is 1.63. The maximum atomic E-state index is 5.48. The number of methoxy groups -OCH3 is 3. The zero-order chi connectivity index (χ0) is 12.8. The normalized spacial score (nSPS) is 12.1. The number of ether oxygens (including phenoxy) is 3. The Morgan fingerprint density at radius 1 is 1.06 bits per heavy atom. The SMILES string of the molecule is CNC(NN)c1c(OC)cc(OC)cc1OC. The number of nitrogens with one attached hydrogen (secondary N) is 2. The predicted octanol–water partition coefficient (Wildman–Crippen LogP) is 0.394. The molecule has 1 aromatic rings. The van der Waals surface area contributed by atoms with Gasteiger partial charge in [0.15, 0.2) is 0 Å². The summed E-state index contributed by atoms with van der Waals surface area (Å²) in [7, 11) is 6.54. The highest BCUT2D eigenvalue weighted by Gasteiger charge is 2.20. The van der Waals surface area contributed by atoms with Crippen molar-refractivity contribution in [2.75, 3.05) is 28.4 Å². The van der Waals surface area contributed by atoms with Crippen LogP contribution >= 0.6 is 0 Å². The Kier molecular flexibility index (Phi) is 5.02. The third-order valence-corrected chi connectivity index (χ3v) is 2.50. The molecule has 0 amide bonds. The van der Waals surface area contributed by atoms with Gasteiger partial charge >= 0.3 is 0 Å². The molecule has 96 valence electrons. The van der Waals surface area contributed by atoms with E-state index in [1.807, 2.05) is 0 Å². The van der Waals surface area contributed by atoms with E-state index in [-0.39, 0.29) is 6.17 Å². The number of hydrogen-bond donors (Lipinski definition) is 3. The van der Waals surface area contributed by atoms with Crippen LogP contribution in [-0.4, -0.2) is 28.4 Å². The van der Waals surface area contributed by atoms with Crippen molar-refractivity contribution in [1.82, 2.24) is 10.7 Å². The van der Waals surface area contributed by atoms with Crippen LogP contribution in [0.15, 0.2) is 12.1 Å². The molecule has 17 heavy (non-hydrogen) atoms. The van der Waals surface area contributed by atoms with Crippen LogP contribution in [0.25, 0.3) is 0 Å². The predicted molar refractivity (Wildman–Crippen MR) is 65.2 cm³/mol. The zero-order valence-electron chi connectivity index (χ0n) is 10.5. The van der Waals surface area contributed by atoms with E-state index >= 15 is 0 Å². The highest BCUT2D eigenvalue weighted by molar-refractivity contribution is 5.52. The van der Waals surface area contributed by atoms with Crippen LogP contribution in [0.1, 0.15) is 11.7 Å². The van der Waals surface area contributed by atoms with Gasteiger partial charge in [-0.15, -0.1) is 0 Å². The molecule has 1 rings (SSSR count). The molecule has 0 aromatic heterocycles. The molecule has 1 unspecified atom stereocenters. The van der Waals surface area contributed by atoms with Crippen molar-refractivity contribution in [3.8, 4) is 17.2 Å². The second kappa shape index (κ2) is 6.29. The summed E-state index contributed by atoms with van der Waals surface area (Å²) in [6, 6.07) is 3.55. The van der Waals surface area contributed by atoms with Crippen molar-refractivity contribution in [2.45, 2.75) is 6.17 Å². The summed E-state index contributed by atoms with van der Waals surface area (Å²) in [6.45, 7) is 0. The summed E-state index contributed by atoms with van der Waals surface area (Å²) >= 11 is 0. The maximum Gasteiger partial charge on any atom is 0.132 e. The third-order valence-electron chi connectivity index (χ3n) is 2.50. The van der Waals surface area contributed by atoms with Gasteiger partial charge in [0.25, 0.3) is 0 Å². The highest BCUT2D eigenvalue weighted by atomic mass is 16.5. The topological polar surface area (TPSA) is 77.8 Å². The van der Waals surface area contributed by atoms with Crippen molar-refractivity contribution in [3.63, 3.8) is 0 Å². The quantitative estimate of drug-likeness (QED) is 0.380. The van der Waals surface area contributed by atoms with Gasteiger partial charge in [0.05, 0.1) is 26.9 Å². The van der Waals surface area contributed by atoms with Crippen LogP contribution in [0.2, 0.25) is 0 Å². The van der Waals surface area contributed by atoms with Gasteiger partial charge in [-0.25, -0.2) is 5.43 Å². The van der Waals surface area contributed by atoms with E-state index in [0.29, 0.717) is 17.2 Å². The minimum atomic E-state index is -0.272. The van der Waals surface area contributed by atoms with Gasteiger partial charge in [0.1, 0.15) is 23.4 Å². The molecule has 0 radical (unpaired) electrons. The summed E-state index contributed by atoms with van der Waals surface area (Å²) in [6.07, 6.45) is -0.272. The Morgan fingerprint density at radius 2 is 1.59 bits per heavy atom. The molecule has 0 heterocycles. The summed E-state index contributed by atoms with van der Waals surface area (Å²) in [5, 5.41) is 3.02. The van der Waals surface area contributed by atoms with Crippen molar-refractivity contribution in [1.29, 1.82) is 0 Å². The zero-order valence-corrected chi connectivity index (χ0v) is 10.5. The summed E-state index contributed by atoms with van der Waals surface area (Å²) in [5.41, 5.74) is 3.44. The van der Waals surface area contributed by atoms with Gasteiger partial charge in [0, 0.05) is 12.1 Å². The monoisotopic (exact) mass is 241 g/mol. The van der Waals surface area contributed by atoms with E-state index < -0.39 is 0 Å². The number of rotatable bonds is 6. The minimum Gasteiger partial charge on any atom is -0.496 e. The molecule has 0 saturated heterocycles. The average molecular weight is 241 g/mol. The number of hydrazine groups is 1. The molecule has 0 aliphatic heterocycles. The molecular formula is C11H19N3O3. The molecule has 1 aromatic carbocycles. The molecule has 1 atom stereocenters. The molecular weight excluding hydrogens is 222 g/mol. The summed E-state index contributed by atoms with van der Waals surface area (Å²) in [4.78, 5) is 0. The Balaban J connectivity index is 3.33. The lowest BCUT2D eigenvalue weighted by molar-refractivity contribution is 0.351. The molecule has 4 N–H and O–H groups in total. The first-order valence-electron chi connectivity index (χ1n) is 5.15. The highest BCUT2D eigenvalue weighted by Crippen LogP contribution is 2.37. The molecule has 0 aliphatic carbocycles. The van der Waals surface area contributed by atoms with Crippen LogP contribution < -0.4 is 30.8 Å². The molecule has 0 aliphatic rings. The first-order chi connectivity index (χ1) is 8.21.